The highest BCUT2D eigenvalue weighted by Crippen LogP contribution is 2.53. The first-order chi connectivity index (χ1) is 20.6. The van der Waals surface area contributed by atoms with Crippen LogP contribution in [-0.2, 0) is 19.1 Å². The summed E-state index contributed by atoms with van der Waals surface area (Å²) in [5.74, 6) is -0.725. The Balaban J connectivity index is 1.62. The highest BCUT2D eigenvalue weighted by Gasteiger charge is 2.62. The summed E-state index contributed by atoms with van der Waals surface area (Å²) >= 11 is 0. The third-order valence-corrected chi connectivity index (χ3v) is 8.20. The highest BCUT2D eigenvalue weighted by atomic mass is 16.5. The summed E-state index contributed by atoms with van der Waals surface area (Å²) in [6.07, 6.45) is 0.370. The fourth-order valence-corrected chi connectivity index (χ4v) is 6.37. The van der Waals surface area contributed by atoms with E-state index in [1.165, 1.54) is 0 Å². The normalized spacial score (nSPS) is 22.3. The van der Waals surface area contributed by atoms with Gasteiger partial charge in [-0.3, -0.25) is 9.80 Å². The molecule has 0 unspecified atom stereocenters. The van der Waals surface area contributed by atoms with E-state index in [9.17, 15) is 9.59 Å². The molecule has 10 heteroatoms. The molecule has 0 spiro atoms. The van der Waals surface area contributed by atoms with Gasteiger partial charge in [-0.1, -0.05) is 47.5 Å². The Bertz CT molecular complexity index is 1520. The topological polar surface area (TPSA) is 90.3 Å². The Morgan fingerprint density at radius 1 is 0.674 bits per heavy atom. The Labute approximate surface area is 251 Å². The van der Waals surface area contributed by atoms with Gasteiger partial charge in [0.25, 0.3) is 0 Å². The minimum Gasteiger partial charge on any atom is -0.460 e. The Hall–Kier alpha value is -4.86. The molecule has 43 heavy (non-hydrogen) atoms. The molecule has 6 rings (SSSR count). The second kappa shape index (κ2) is 10.4. The van der Waals surface area contributed by atoms with Gasteiger partial charge in [0.05, 0.1) is 36.0 Å². The molecule has 0 saturated heterocycles. The maximum atomic E-state index is 13.6. The number of nitrogens with zero attached hydrogens (tertiary/aromatic N) is 6. The monoisotopic (exact) mass is 580 g/mol. The standard InChI is InChI=1S/C33H36N6O4/c1-7-42-30(40)28-34-38(24-17-13-22(3)14-18-24)32(5)21-33(6)37(27-12-10-9-11-26(27)36(28)32)29(31(41)43-8-2)35-39(33)25-19-15-23(4)16-20-25/h9-20H,7-8,21H2,1-6H3/t32-,33-/m1/s1. The molecule has 222 valence electrons. The number of para-hydroxylation sites is 2. The number of fused-ring (bicyclic) bond motifs is 5. The van der Waals surface area contributed by atoms with Crippen LogP contribution < -0.4 is 19.8 Å². The van der Waals surface area contributed by atoms with Gasteiger partial charge < -0.3 is 9.47 Å². The zero-order valence-electron chi connectivity index (χ0n) is 25.4. The molecule has 3 aromatic rings. The zero-order valence-corrected chi connectivity index (χ0v) is 25.4. The Morgan fingerprint density at radius 2 is 1.05 bits per heavy atom. The molecule has 0 radical (unpaired) electrons. The van der Waals surface area contributed by atoms with Gasteiger partial charge in [0.15, 0.2) is 0 Å². The van der Waals surface area contributed by atoms with E-state index in [4.69, 9.17) is 19.7 Å². The van der Waals surface area contributed by atoms with Gasteiger partial charge >= 0.3 is 11.9 Å². The number of hydrazone groups is 2. The van der Waals surface area contributed by atoms with Crippen LogP contribution in [0.4, 0.5) is 22.7 Å². The molecule has 0 amide bonds. The summed E-state index contributed by atoms with van der Waals surface area (Å²) in [7, 11) is 0. The first kappa shape index (κ1) is 28.3. The predicted octanol–water partition coefficient (Wildman–Crippen LogP) is 5.55. The molecule has 3 aliphatic rings. The van der Waals surface area contributed by atoms with Crippen molar-refractivity contribution in [2.75, 3.05) is 33.0 Å². The molecule has 0 aliphatic carbocycles. The Kier molecular flexibility index (Phi) is 6.87. The second-order valence-electron chi connectivity index (χ2n) is 11.4. The third kappa shape index (κ3) is 4.40. The molecular formula is C33H36N6O4. The average molecular weight is 581 g/mol. The van der Waals surface area contributed by atoms with Crippen molar-refractivity contribution in [3.63, 3.8) is 0 Å². The van der Waals surface area contributed by atoms with Crippen molar-refractivity contribution in [1.29, 1.82) is 0 Å². The van der Waals surface area contributed by atoms with E-state index in [1.807, 2.05) is 106 Å². The number of ether oxygens (including phenoxy) is 2. The van der Waals surface area contributed by atoms with E-state index in [0.29, 0.717) is 17.8 Å². The SMILES string of the molecule is CCOC(=O)C1=NN(c2ccc(C)cc2)[C@]2(C)C[C@@]3(C)N(c4ccc(C)cc4)N=C(C(=O)OCC)N3c3ccccc3N12. The van der Waals surface area contributed by atoms with E-state index in [2.05, 4.69) is 13.8 Å². The quantitative estimate of drug-likeness (QED) is 0.351. The van der Waals surface area contributed by atoms with Gasteiger partial charge in [-0.05, 0) is 77.9 Å². The number of anilines is 4. The molecule has 0 bridgehead atoms. The van der Waals surface area contributed by atoms with Gasteiger partial charge in [-0.2, -0.15) is 0 Å². The summed E-state index contributed by atoms with van der Waals surface area (Å²) in [5.41, 5.74) is 3.38. The summed E-state index contributed by atoms with van der Waals surface area (Å²) in [6, 6.07) is 23.8. The fraction of sp³-hybridized carbons (Fsp3) is 0.333. The van der Waals surface area contributed by atoms with Crippen molar-refractivity contribution >= 4 is 46.4 Å². The van der Waals surface area contributed by atoms with E-state index >= 15 is 0 Å². The summed E-state index contributed by atoms with van der Waals surface area (Å²) in [6.45, 7) is 12.1. The highest BCUT2D eigenvalue weighted by molar-refractivity contribution is 6.45. The molecule has 2 atom stereocenters. The molecule has 3 aliphatic heterocycles. The smallest absolute Gasteiger partial charge is 0.376 e. The van der Waals surface area contributed by atoms with Gasteiger partial charge in [0.2, 0.25) is 11.7 Å². The molecular weight excluding hydrogens is 544 g/mol. The van der Waals surface area contributed by atoms with Gasteiger partial charge in [0, 0.05) is 6.42 Å². The van der Waals surface area contributed by atoms with Crippen LogP contribution in [-0.4, -0.2) is 48.1 Å². The molecule has 3 heterocycles. The number of aryl methyl sites for hydroxylation is 2. The van der Waals surface area contributed by atoms with Gasteiger partial charge in [-0.15, -0.1) is 10.2 Å². The molecule has 10 nitrogen and oxygen atoms in total. The maximum Gasteiger partial charge on any atom is 0.376 e. The minimum absolute atomic E-state index is 0.165. The number of carbonyl (C=O) groups is 2. The number of esters is 2. The first-order valence-electron chi connectivity index (χ1n) is 14.6. The van der Waals surface area contributed by atoms with E-state index < -0.39 is 23.3 Å². The average Bonchev–Trinajstić information content (AvgIpc) is 3.42. The molecule has 3 aromatic carbocycles. The number of carbonyl (C=O) groups excluding carboxylic acids is 2. The number of hydrogen-bond donors (Lipinski definition) is 0. The third-order valence-electron chi connectivity index (χ3n) is 8.20. The number of amidine groups is 2. The fourth-order valence-electron chi connectivity index (χ4n) is 6.37. The van der Waals surface area contributed by atoms with Crippen LogP contribution in [0.25, 0.3) is 0 Å². The van der Waals surface area contributed by atoms with Crippen molar-refractivity contribution in [2.24, 2.45) is 10.2 Å². The minimum atomic E-state index is -0.931. The van der Waals surface area contributed by atoms with Crippen LogP contribution in [0, 0.1) is 13.8 Å². The van der Waals surface area contributed by atoms with E-state index in [1.54, 1.807) is 13.8 Å². The van der Waals surface area contributed by atoms with Crippen molar-refractivity contribution in [3.05, 3.63) is 83.9 Å². The molecule has 0 saturated carbocycles. The largest absolute Gasteiger partial charge is 0.460 e. The zero-order chi connectivity index (χ0) is 30.5. The van der Waals surface area contributed by atoms with E-state index in [-0.39, 0.29) is 24.9 Å². The van der Waals surface area contributed by atoms with Crippen molar-refractivity contribution < 1.29 is 19.1 Å². The lowest BCUT2D eigenvalue weighted by Gasteiger charge is -2.46. The van der Waals surface area contributed by atoms with Crippen LogP contribution >= 0.6 is 0 Å². The Morgan fingerprint density at radius 3 is 1.40 bits per heavy atom. The number of rotatable bonds is 6. The summed E-state index contributed by atoms with van der Waals surface area (Å²) in [5, 5.41) is 13.7. The van der Waals surface area contributed by atoms with Crippen LogP contribution in [0.3, 0.4) is 0 Å². The first-order valence-corrected chi connectivity index (χ1v) is 14.6. The second-order valence-corrected chi connectivity index (χ2v) is 11.4. The number of hydrogen-bond acceptors (Lipinski definition) is 10. The van der Waals surface area contributed by atoms with Gasteiger partial charge in [0.1, 0.15) is 11.3 Å². The molecule has 0 fully saturated rings. The van der Waals surface area contributed by atoms with Crippen LogP contribution in [0.2, 0.25) is 0 Å². The number of benzene rings is 3. The van der Waals surface area contributed by atoms with Crippen molar-refractivity contribution in [3.8, 4) is 0 Å². The molecule has 0 N–H and O–H groups in total. The van der Waals surface area contributed by atoms with Crippen LogP contribution in [0.1, 0.15) is 45.2 Å². The lowest BCUT2D eigenvalue weighted by atomic mass is 9.93. The predicted molar refractivity (Wildman–Crippen MR) is 168 cm³/mol. The van der Waals surface area contributed by atoms with Crippen molar-refractivity contribution in [2.45, 2.75) is 59.3 Å². The van der Waals surface area contributed by atoms with E-state index in [0.717, 1.165) is 22.5 Å². The van der Waals surface area contributed by atoms with Crippen molar-refractivity contribution in [1.82, 2.24) is 0 Å². The van der Waals surface area contributed by atoms with Crippen LogP contribution in [0.5, 0.6) is 0 Å². The maximum absolute atomic E-state index is 13.6. The van der Waals surface area contributed by atoms with Gasteiger partial charge in [-0.25, -0.2) is 19.6 Å². The lowest BCUT2D eigenvalue weighted by molar-refractivity contribution is -0.136. The lowest BCUT2D eigenvalue weighted by Crippen LogP contribution is -2.63. The summed E-state index contributed by atoms with van der Waals surface area (Å²) < 4.78 is 11.1. The van der Waals surface area contributed by atoms with Crippen LogP contribution in [0.15, 0.2) is 83.0 Å². The summed E-state index contributed by atoms with van der Waals surface area (Å²) in [4.78, 5) is 31.0. The molecule has 0 aromatic heterocycles.